The number of hydrogen-bond donors (Lipinski definition) is 1. The van der Waals surface area contributed by atoms with Gasteiger partial charge in [-0.3, -0.25) is 4.79 Å². The molecule has 17 heavy (non-hydrogen) atoms. The second-order valence-corrected chi connectivity index (χ2v) is 4.69. The second-order valence-electron chi connectivity index (χ2n) is 3.78. The van der Waals surface area contributed by atoms with Crippen molar-refractivity contribution < 1.29 is 4.79 Å². The molecule has 0 aliphatic carbocycles. The van der Waals surface area contributed by atoms with Crippen molar-refractivity contribution in [1.82, 2.24) is 4.98 Å². The number of rotatable bonds is 3. The van der Waals surface area contributed by atoms with Gasteiger partial charge < -0.3 is 5.73 Å². The number of carbonyl (C=O) groups is 1. The number of nitrogens with zero attached hydrogens (tertiary/aromatic N) is 1. The fourth-order valence-electron chi connectivity index (χ4n) is 1.33. The number of Topliss-reactive ketones (excluding diaryl/α,β-unsaturated/α-hetero) is 1. The van der Waals surface area contributed by atoms with Gasteiger partial charge in [0.25, 0.3) is 0 Å². The normalized spacial score (nSPS) is 12.7. The molecular weight excluding hydrogens is 280 g/mol. The van der Waals surface area contributed by atoms with E-state index in [1.165, 1.54) is 0 Å². The molecular formula is C13H15BrN2O. The van der Waals surface area contributed by atoms with Crippen LogP contribution >= 0.6 is 15.9 Å². The van der Waals surface area contributed by atoms with Gasteiger partial charge >= 0.3 is 0 Å². The maximum atomic E-state index is 12.1. The van der Waals surface area contributed by atoms with Gasteiger partial charge in [0.15, 0.2) is 5.78 Å². The van der Waals surface area contributed by atoms with Crippen LogP contribution in [0.15, 0.2) is 40.0 Å². The van der Waals surface area contributed by atoms with Crippen LogP contribution in [-0.4, -0.2) is 10.8 Å². The molecule has 1 aromatic heterocycles. The Morgan fingerprint density at radius 1 is 1.47 bits per heavy atom. The number of nitrogens with two attached hydrogens (primary N) is 1. The summed E-state index contributed by atoms with van der Waals surface area (Å²) in [5.74, 6) is 0.154. The minimum absolute atomic E-state index is 0.0995. The molecule has 2 N–H and O–H groups in total. The molecule has 0 spiro atoms. The molecule has 1 rings (SSSR count). The molecule has 1 heterocycles. The Morgan fingerprint density at radius 2 is 2.12 bits per heavy atom. The Kier molecular flexibility index (Phi) is 4.63. The highest BCUT2D eigenvalue weighted by atomic mass is 79.9. The summed E-state index contributed by atoms with van der Waals surface area (Å²) in [6, 6.07) is 1.69. The van der Waals surface area contributed by atoms with Gasteiger partial charge in [-0.25, -0.2) is 4.98 Å². The van der Waals surface area contributed by atoms with Crippen LogP contribution in [0.25, 0.3) is 0 Å². The minimum atomic E-state index is -0.0995. The molecule has 0 fully saturated rings. The van der Waals surface area contributed by atoms with Crippen molar-refractivity contribution in [1.29, 1.82) is 0 Å². The van der Waals surface area contributed by atoms with Crippen LogP contribution in [0.4, 0.5) is 5.82 Å². The monoisotopic (exact) mass is 294 g/mol. The van der Waals surface area contributed by atoms with Crippen molar-refractivity contribution in [3.63, 3.8) is 0 Å². The molecule has 0 saturated heterocycles. The lowest BCUT2D eigenvalue weighted by Crippen LogP contribution is -2.07. The lowest BCUT2D eigenvalue weighted by molar-refractivity contribution is 0.103. The number of pyridine rings is 1. The molecule has 0 atom stereocenters. The number of anilines is 1. The van der Waals surface area contributed by atoms with E-state index >= 15 is 0 Å². The number of allylic oxidation sites excluding steroid dienone is 4. The SMILES string of the molecule is C/C=C(C)\C=C(/C)C(=O)c1cc(Br)cnc1N. The zero-order valence-corrected chi connectivity index (χ0v) is 11.7. The van der Waals surface area contributed by atoms with Crippen molar-refractivity contribution in [3.05, 3.63) is 45.6 Å². The van der Waals surface area contributed by atoms with E-state index in [2.05, 4.69) is 20.9 Å². The number of hydrogen-bond acceptors (Lipinski definition) is 3. The lowest BCUT2D eigenvalue weighted by Gasteiger charge is -2.05. The van der Waals surface area contributed by atoms with E-state index in [1.807, 2.05) is 26.0 Å². The number of aromatic nitrogens is 1. The van der Waals surface area contributed by atoms with Crippen LogP contribution in [-0.2, 0) is 0 Å². The van der Waals surface area contributed by atoms with Crippen LogP contribution < -0.4 is 5.73 Å². The maximum Gasteiger partial charge on any atom is 0.192 e. The summed E-state index contributed by atoms with van der Waals surface area (Å²) in [6.45, 7) is 5.65. The van der Waals surface area contributed by atoms with Gasteiger partial charge in [-0.15, -0.1) is 0 Å². The first kappa shape index (κ1) is 13.6. The predicted octanol–water partition coefficient (Wildman–Crippen LogP) is 3.52. The third-order valence-corrected chi connectivity index (χ3v) is 2.82. The Labute approximate surface area is 110 Å². The topological polar surface area (TPSA) is 56.0 Å². The van der Waals surface area contributed by atoms with E-state index in [0.717, 1.165) is 10.0 Å². The van der Waals surface area contributed by atoms with Crippen LogP contribution in [0.2, 0.25) is 0 Å². The molecule has 0 aliphatic rings. The lowest BCUT2D eigenvalue weighted by atomic mass is 10.0. The molecule has 0 radical (unpaired) electrons. The zero-order valence-electron chi connectivity index (χ0n) is 10.1. The van der Waals surface area contributed by atoms with Crippen molar-refractivity contribution >= 4 is 27.5 Å². The first-order chi connectivity index (χ1) is 7.95. The molecule has 0 unspecified atom stereocenters. The van der Waals surface area contributed by atoms with Crippen molar-refractivity contribution in [2.24, 2.45) is 0 Å². The largest absolute Gasteiger partial charge is 0.383 e. The standard InChI is InChI=1S/C13H15BrN2O/c1-4-8(2)5-9(3)12(17)11-6-10(14)7-16-13(11)15/h4-7H,1-3H3,(H2,15,16)/b8-4-,9-5+. The van der Waals surface area contributed by atoms with E-state index in [-0.39, 0.29) is 11.6 Å². The van der Waals surface area contributed by atoms with Crippen molar-refractivity contribution in [3.8, 4) is 0 Å². The van der Waals surface area contributed by atoms with E-state index in [9.17, 15) is 4.79 Å². The number of halogens is 1. The fraction of sp³-hybridized carbons (Fsp3) is 0.231. The second kappa shape index (κ2) is 5.77. The minimum Gasteiger partial charge on any atom is -0.383 e. The summed E-state index contributed by atoms with van der Waals surface area (Å²) in [5.41, 5.74) is 7.81. The fourth-order valence-corrected chi connectivity index (χ4v) is 1.67. The molecule has 1 aromatic rings. The predicted molar refractivity (Wildman–Crippen MR) is 73.9 cm³/mol. The Morgan fingerprint density at radius 3 is 2.71 bits per heavy atom. The highest BCUT2D eigenvalue weighted by Crippen LogP contribution is 2.19. The number of nitrogen functional groups attached to an aromatic ring is 1. The van der Waals surface area contributed by atoms with E-state index in [0.29, 0.717) is 11.1 Å². The highest BCUT2D eigenvalue weighted by Gasteiger charge is 2.13. The molecule has 0 amide bonds. The summed E-state index contributed by atoms with van der Waals surface area (Å²) in [5, 5.41) is 0. The molecule has 0 bridgehead atoms. The quantitative estimate of drug-likeness (QED) is 0.527. The first-order valence-corrected chi connectivity index (χ1v) is 6.02. The summed E-state index contributed by atoms with van der Waals surface area (Å²) in [4.78, 5) is 16.1. The molecule has 90 valence electrons. The zero-order chi connectivity index (χ0) is 13.0. The van der Waals surface area contributed by atoms with Gasteiger partial charge in [0.1, 0.15) is 5.82 Å². The summed E-state index contributed by atoms with van der Waals surface area (Å²) < 4.78 is 0.741. The third kappa shape index (κ3) is 3.53. The summed E-state index contributed by atoms with van der Waals surface area (Å²) >= 11 is 3.28. The van der Waals surface area contributed by atoms with E-state index < -0.39 is 0 Å². The maximum absolute atomic E-state index is 12.1. The van der Waals surface area contributed by atoms with E-state index in [1.54, 1.807) is 19.2 Å². The van der Waals surface area contributed by atoms with Crippen molar-refractivity contribution in [2.45, 2.75) is 20.8 Å². The average molecular weight is 295 g/mol. The third-order valence-electron chi connectivity index (χ3n) is 2.39. The van der Waals surface area contributed by atoms with Crippen LogP contribution in [0.5, 0.6) is 0 Å². The number of ketones is 1. The number of carbonyl (C=O) groups excluding carboxylic acids is 1. The Bertz CT molecular complexity index is 504. The molecule has 3 nitrogen and oxygen atoms in total. The van der Waals surface area contributed by atoms with Gasteiger partial charge in [0, 0.05) is 10.7 Å². The van der Waals surface area contributed by atoms with Crippen LogP contribution in [0.3, 0.4) is 0 Å². The van der Waals surface area contributed by atoms with Crippen molar-refractivity contribution in [2.75, 3.05) is 5.73 Å². The molecule has 4 heteroatoms. The van der Waals surface area contributed by atoms with Crippen LogP contribution in [0, 0.1) is 0 Å². The van der Waals surface area contributed by atoms with Gasteiger partial charge in [-0.2, -0.15) is 0 Å². The molecule has 0 aliphatic heterocycles. The van der Waals surface area contributed by atoms with Crippen LogP contribution in [0.1, 0.15) is 31.1 Å². The van der Waals surface area contributed by atoms with Gasteiger partial charge in [0.2, 0.25) is 0 Å². The van der Waals surface area contributed by atoms with Gasteiger partial charge in [-0.05, 0) is 48.3 Å². The Balaban J connectivity index is 3.13. The van der Waals surface area contributed by atoms with Gasteiger partial charge in [0.05, 0.1) is 5.56 Å². The smallest absolute Gasteiger partial charge is 0.192 e. The first-order valence-electron chi connectivity index (χ1n) is 5.22. The highest BCUT2D eigenvalue weighted by molar-refractivity contribution is 9.10. The summed E-state index contributed by atoms with van der Waals surface area (Å²) in [6.07, 6.45) is 5.35. The Hall–Kier alpha value is -1.42. The summed E-state index contributed by atoms with van der Waals surface area (Å²) in [7, 11) is 0. The average Bonchev–Trinajstić information content (AvgIpc) is 2.31. The molecule has 0 aromatic carbocycles. The van der Waals surface area contributed by atoms with Gasteiger partial charge in [-0.1, -0.05) is 17.7 Å². The molecule has 0 saturated carbocycles. The van der Waals surface area contributed by atoms with E-state index in [4.69, 9.17) is 5.73 Å².